The van der Waals surface area contributed by atoms with E-state index in [1.54, 1.807) is 11.3 Å². The van der Waals surface area contributed by atoms with E-state index in [4.69, 9.17) is 0 Å². The smallest absolute Gasteiger partial charge is 0.149 e. The molecule has 0 bridgehead atoms. The van der Waals surface area contributed by atoms with E-state index in [1.807, 2.05) is 6.20 Å². The molecule has 0 radical (unpaired) electrons. The van der Waals surface area contributed by atoms with Crippen molar-refractivity contribution in [3.63, 3.8) is 0 Å². The fourth-order valence-electron chi connectivity index (χ4n) is 1.67. The minimum absolute atomic E-state index is 1.07. The van der Waals surface area contributed by atoms with Crippen LogP contribution in [0.3, 0.4) is 0 Å². The van der Waals surface area contributed by atoms with Crippen LogP contribution in [0.5, 0.6) is 0 Å². The number of hydrogen-bond donors (Lipinski definition) is 0. The molecule has 0 atom stereocenters. The largest absolute Gasteiger partial charge is 0.330 e. The molecule has 0 amide bonds. The molecule has 0 spiro atoms. The molecule has 0 aliphatic rings. The molecule has 0 aromatic carbocycles. The first-order valence-electron chi connectivity index (χ1n) is 5.53. The van der Waals surface area contributed by atoms with E-state index >= 15 is 0 Å². The lowest BCUT2D eigenvalue weighted by Gasteiger charge is -2.05. The van der Waals surface area contributed by atoms with Gasteiger partial charge < -0.3 is 4.57 Å². The van der Waals surface area contributed by atoms with Gasteiger partial charge in [0.25, 0.3) is 0 Å². The average Bonchev–Trinajstić information content (AvgIpc) is 2.94. The average molecular weight is 299 g/mol. The van der Waals surface area contributed by atoms with Crippen LogP contribution in [0.25, 0.3) is 10.7 Å². The summed E-state index contributed by atoms with van der Waals surface area (Å²) in [6.45, 7) is 1.07. The highest BCUT2D eigenvalue weighted by molar-refractivity contribution is 9.09. The van der Waals surface area contributed by atoms with Gasteiger partial charge in [-0.15, -0.1) is 11.3 Å². The van der Waals surface area contributed by atoms with Crippen LogP contribution in [-0.4, -0.2) is 14.9 Å². The first-order chi connectivity index (χ1) is 7.92. The molecule has 0 fully saturated rings. The Labute approximate surface area is 108 Å². The maximum absolute atomic E-state index is 4.42. The second-order valence-corrected chi connectivity index (χ2v) is 5.41. The van der Waals surface area contributed by atoms with Crippen molar-refractivity contribution in [2.45, 2.75) is 25.8 Å². The molecule has 0 aliphatic carbocycles. The summed E-state index contributed by atoms with van der Waals surface area (Å²) in [5.41, 5.74) is 0. The molecule has 16 heavy (non-hydrogen) atoms. The van der Waals surface area contributed by atoms with Crippen LogP contribution in [0.4, 0.5) is 0 Å². The van der Waals surface area contributed by atoms with Gasteiger partial charge in [0.2, 0.25) is 0 Å². The molecular weight excluding hydrogens is 284 g/mol. The van der Waals surface area contributed by atoms with Gasteiger partial charge in [0.15, 0.2) is 0 Å². The second-order valence-electron chi connectivity index (χ2n) is 3.67. The molecule has 4 heteroatoms. The van der Waals surface area contributed by atoms with Gasteiger partial charge in [-0.3, -0.25) is 0 Å². The van der Waals surface area contributed by atoms with Crippen LogP contribution < -0.4 is 0 Å². The number of nitrogens with zero attached hydrogens (tertiary/aromatic N) is 2. The van der Waals surface area contributed by atoms with Crippen molar-refractivity contribution < 1.29 is 0 Å². The normalized spacial score (nSPS) is 10.8. The van der Waals surface area contributed by atoms with Crippen molar-refractivity contribution in [1.82, 2.24) is 9.55 Å². The van der Waals surface area contributed by atoms with Crippen LogP contribution in [-0.2, 0) is 6.54 Å². The molecule has 0 N–H and O–H groups in total. The molecule has 0 saturated carbocycles. The number of unbranched alkanes of at least 4 members (excludes halogenated alkanes) is 2. The van der Waals surface area contributed by atoms with Crippen LogP contribution >= 0.6 is 27.3 Å². The zero-order valence-corrected chi connectivity index (χ0v) is 11.5. The van der Waals surface area contributed by atoms with Gasteiger partial charge in [0, 0.05) is 24.3 Å². The van der Waals surface area contributed by atoms with E-state index in [2.05, 4.69) is 49.2 Å². The summed E-state index contributed by atoms with van der Waals surface area (Å²) in [5, 5.41) is 3.20. The number of hydrogen-bond acceptors (Lipinski definition) is 2. The van der Waals surface area contributed by atoms with Crippen LogP contribution in [0.15, 0.2) is 29.9 Å². The molecule has 2 aromatic heterocycles. The standard InChI is InChI=1S/C12H15BrN2S/c13-6-2-1-3-8-15-9-7-14-12(15)11-5-4-10-16-11/h4-5,7,9-10H,1-3,6,8H2. The SMILES string of the molecule is BrCCCCCn1ccnc1-c1cccs1. The van der Waals surface area contributed by atoms with Crippen LogP contribution in [0.2, 0.25) is 0 Å². The fourth-order valence-corrected chi connectivity index (χ4v) is 2.81. The van der Waals surface area contributed by atoms with Gasteiger partial charge in [0.1, 0.15) is 5.82 Å². The Hall–Kier alpha value is -0.610. The number of alkyl halides is 1. The van der Waals surface area contributed by atoms with E-state index in [0.717, 1.165) is 17.7 Å². The van der Waals surface area contributed by atoms with Crippen molar-refractivity contribution in [2.24, 2.45) is 0 Å². The quantitative estimate of drug-likeness (QED) is 0.578. The molecule has 2 heterocycles. The van der Waals surface area contributed by atoms with Gasteiger partial charge in [-0.05, 0) is 24.3 Å². The van der Waals surface area contributed by atoms with Crippen LogP contribution in [0, 0.1) is 0 Å². The summed E-state index contributed by atoms with van der Waals surface area (Å²) in [7, 11) is 0. The minimum atomic E-state index is 1.07. The first-order valence-corrected chi connectivity index (χ1v) is 7.53. The summed E-state index contributed by atoms with van der Waals surface area (Å²) in [5.74, 6) is 1.11. The van der Waals surface area contributed by atoms with Gasteiger partial charge >= 0.3 is 0 Å². The Morgan fingerprint density at radius 3 is 3.00 bits per heavy atom. The molecule has 0 saturated heterocycles. The van der Waals surface area contributed by atoms with Crippen molar-refractivity contribution in [3.8, 4) is 10.7 Å². The minimum Gasteiger partial charge on any atom is -0.330 e. The second kappa shape index (κ2) is 6.21. The Morgan fingerprint density at radius 2 is 2.25 bits per heavy atom. The van der Waals surface area contributed by atoms with E-state index in [1.165, 1.54) is 24.1 Å². The third kappa shape index (κ3) is 2.95. The lowest BCUT2D eigenvalue weighted by Crippen LogP contribution is -1.98. The van der Waals surface area contributed by atoms with Crippen molar-refractivity contribution in [2.75, 3.05) is 5.33 Å². The van der Waals surface area contributed by atoms with Gasteiger partial charge in [-0.25, -0.2) is 4.98 Å². The Morgan fingerprint density at radius 1 is 1.31 bits per heavy atom. The maximum Gasteiger partial charge on any atom is 0.149 e. The lowest BCUT2D eigenvalue weighted by atomic mass is 10.2. The number of rotatable bonds is 6. The lowest BCUT2D eigenvalue weighted by molar-refractivity contribution is 0.609. The Kier molecular flexibility index (Phi) is 4.60. The van der Waals surface area contributed by atoms with Crippen molar-refractivity contribution in [1.29, 1.82) is 0 Å². The first kappa shape index (κ1) is 11.9. The number of halogens is 1. The summed E-state index contributed by atoms with van der Waals surface area (Å²) in [6.07, 6.45) is 7.71. The van der Waals surface area contributed by atoms with E-state index in [-0.39, 0.29) is 0 Å². The number of thiophene rings is 1. The summed E-state index contributed by atoms with van der Waals surface area (Å²) >= 11 is 5.20. The van der Waals surface area contributed by atoms with Gasteiger partial charge in [-0.1, -0.05) is 28.4 Å². The number of imidazole rings is 1. The monoisotopic (exact) mass is 298 g/mol. The predicted octanol–water partition coefficient (Wildman–Crippen LogP) is 4.18. The highest BCUT2D eigenvalue weighted by Crippen LogP contribution is 2.23. The highest BCUT2D eigenvalue weighted by Gasteiger charge is 2.05. The summed E-state index contributed by atoms with van der Waals surface area (Å²) in [6, 6.07) is 4.20. The van der Waals surface area contributed by atoms with Gasteiger partial charge in [-0.2, -0.15) is 0 Å². The number of aromatic nitrogens is 2. The molecule has 0 aliphatic heterocycles. The zero-order valence-electron chi connectivity index (χ0n) is 9.10. The topological polar surface area (TPSA) is 17.8 Å². The molecular formula is C12H15BrN2S. The van der Waals surface area contributed by atoms with Crippen molar-refractivity contribution in [3.05, 3.63) is 29.9 Å². The van der Waals surface area contributed by atoms with E-state index in [0.29, 0.717) is 0 Å². The maximum atomic E-state index is 4.42. The third-order valence-electron chi connectivity index (χ3n) is 2.49. The third-order valence-corrected chi connectivity index (χ3v) is 3.92. The van der Waals surface area contributed by atoms with Crippen molar-refractivity contribution >= 4 is 27.3 Å². The fraction of sp³-hybridized carbons (Fsp3) is 0.417. The van der Waals surface area contributed by atoms with E-state index < -0.39 is 0 Å². The number of aryl methyl sites for hydroxylation is 1. The highest BCUT2D eigenvalue weighted by atomic mass is 79.9. The molecule has 2 aromatic rings. The molecule has 2 rings (SSSR count). The summed E-state index contributed by atoms with van der Waals surface area (Å²) < 4.78 is 2.25. The summed E-state index contributed by atoms with van der Waals surface area (Å²) in [4.78, 5) is 5.68. The molecule has 0 unspecified atom stereocenters. The molecule has 2 nitrogen and oxygen atoms in total. The molecule has 86 valence electrons. The predicted molar refractivity (Wildman–Crippen MR) is 73.2 cm³/mol. The van der Waals surface area contributed by atoms with Crippen LogP contribution in [0.1, 0.15) is 19.3 Å². The van der Waals surface area contributed by atoms with Gasteiger partial charge in [0.05, 0.1) is 4.88 Å². The van der Waals surface area contributed by atoms with E-state index in [9.17, 15) is 0 Å². The Balaban J connectivity index is 1.97. The zero-order chi connectivity index (χ0) is 11.2. The Bertz CT molecular complexity index is 408.